The summed E-state index contributed by atoms with van der Waals surface area (Å²) in [5.41, 5.74) is 5.15. The molecule has 2 N–H and O–H groups in total. The number of aliphatic hydroxyl groups is 1. The molecule has 0 bridgehead atoms. The van der Waals surface area contributed by atoms with Crippen LogP contribution in [0, 0.1) is 5.92 Å². The van der Waals surface area contributed by atoms with E-state index in [0.717, 1.165) is 35.9 Å². The number of rotatable bonds is 6. The van der Waals surface area contributed by atoms with Gasteiger partial charge in [0.05, 0.1) is 35.9 Å². The van der Waals surface area contributed by atoms with Crippen LogP contribution in [0.2, 0.25) is 0 Å². The highest BCUT2D eigenvalue weighted by Crippen LogP contribution is 2.39. The summed E-state index contributed by atoms with van der Waals surface area (Å²) in [6, 6.07) is -0.0907. The Hall–Kier alpha value is -2.25. The number of nitrogens with zero attached hydrogens (tertiary/aromatic N) is 3. The second-order valence-electron chi connectivity index (χ2n) is 8.95. The average molecular weight is 399 g/mol. The van der Waals surface area contributed by atoms with Crippen LogP contribution in [0.4, 0.5) is 5.82 Å². The van der Waals surface area contributed by atoms with E-state index >= 15 is 0 Å². The normalized spacial score (nSPS) is 17.1. The molecule has 29 heavy (non-hydrogen) atoms. The molecular weight excluding hydrogens is 368 g/mol. The summed E-state index contributed by atoms with van der Waals surface area (Å²) < 4.78 is 12.3. The molecule has 0 saturated carbocycles. The van der Waals surface area contributed by atoms with Gasteiger partial charge in [0, 0.05) is 12.0 Å². The highest BCUT2D eigenvalue weighted by atomic mass is 16.5. The zero-order valence-corrected chi connectivity index (χ0v) is 17.9. The molecule has 0 aromatic carbocycles. The second-order valence-corrected chi connectivity index (χ2v) is 8.95. The van der Waals surface area contributed by atoms with E-state index in [0.29, 0.717) is 29.6 Å². The van der Waals surface area contributed by atoms with Crippen LogP contribution < -0.4 is 5.32 Å². The van der Waals surface area contributed by atoms with E-state index in [4.69, 9.17) is 14.1 Å². The van der Waals surface area contributed by atoms with Gasteiger partial charge in [-0.15, -0.1) is 0 Å². The lowest BCUT2D eigenvalue weighted by Crippen LogP contribution is -2.33. The lowest BCUT2D eigenvalue weighted by molar-refractivity contribution is -0.0402. The molecule has 3 aromatic heterocycles. The van der Waals surface area contributed by atoms with Crippen molar-refractivity contribution < 1.29 is 14.3 Å². The maximum atomic E-state index is 9.57. The third-order valence-corrected chi connectivity index (χ3v) is 5.57. The quantitative estimate of drug-likeness (QED) is 0.648. The third kappa shape index (κ3) is 3.69. The van der Waals surface area contributed by atoms with Crippen LogP contribution in [0.5, 0.6) is 0 Å². The number of hydrogen-bond donors (Lipinski definition) is 2. The van der Waals surface area contributed by atoms with Crippen molar-refractivity contribution in [1.82, 2.24) is 15.0 Å². The zero-order valence-electron chi connectivity index (χ0n) is 17.9. The maximum Gasteiger partial charge on any atom is 0.229 e. The highest BCUT2D eigenvalue weighted by Gasteiger charge is 2.32. The molecule has 4 heterocycles. The fraction of sp³-hybridized carbons (Fsp3) is 0.591. The van der Waals surface area contributed by atoms with E-state index in [9.17, 15) is 5.11 Å². The minimum absolute atomic E-state index is 0.0277. The molecule has 7 nitrogen and oxygen atoms in total. The van der Waals surface area contributed by atoms with Crippen molar-refractivity contribution in [2.24, 2.45) is 5.92 Å². The first kappa shape index (κ1) is 20.0. The van der Waals surface area contributed by atoms with Gasteiger partial charge in [0.1, 0.15) is 11.8 Å². The van der Waals surface area contributed by atoms with Crippen LogP contribution in [0.15, 0.2) is 10.7 Å². The molecule has 0 aliphatic carbocycles. The molecule has 1 atom stereocenters. The van der Waals surface area contributed by atoms with Crippen molar-refractivity contribution in [1.29, 1.82) is 0 Å². The summed E-state index contributed by atoms with van der Waals surface area (Å²) in [5.74, 6) is 1.08. The van der Waals surface area contributed by atoms with E-state index < -0.39 is 0 Å². The van der Waals surface area contributed by atoms with Gasteiger partial charge in [0.2, 0.25) is 5.71 Å². The summed E-state index contributed by atoms with van der Waals surface area (Å²) in [5, 5.41) is 13.8. The van der Waals surface area contributed by atoms with Crippen LogP contribution in [0.1, 0.15) is 57.9 Å². The summed E-state index contributed by atoms with van der Waals surface area (Å²) >= 11 is 0. The van der Waals surface area contributed by atoms with E-state index in [1.807, 2.05) is 6.92 Å². The van der Waals surface area contributed by atoms with Gasteiger partial charge < -0.3 is 19.6 Å². The Bertz CT molecular complexity index is 1040. The minimum atomic E-state index is -0.252. The molecular formula is C22H30N4O3. The van der Waals surface area contributed by atoms with Crippen molar-refractivity contribution in [3.63, 3.8) is 0 Å². The lowest BCUT2D eigenvalue weighted by atomic mass is 9.88. The molecule has 0 radical (unpaired) electrons. The fourth-order valence-corrected chi connectivity index (χ4v) is 4.00. The van der Waals surface area contributed by atoms with Crippen LogP contribution in [0.25, 0.3) is 22.2 Å². The number of furan rings is 1. The Morgan fingerprint density at radius 3 is 2.72 bits per heavy atom. The van der Waals surface area contributed by atoms with Gasteiger partial charge in [-0.25, -0.2) is 15.0 Å². The van der Waals surface area contributed by atoms with E-state index in [1.54, 1.807) is 6.33 Å². The minimum Gasteiger partial charge on any atom is -0.432 e. The average Bonchev–Trinajstić information content (AvgIpc) is 3.04. The highest BCUT2D eigenvalue weighted by molar-refractivity contribution is 6.06. The molecule has 4 rings (SSSR count). The number of aromatic nitrogens is 3. The van der Waals surface area contributed by atoms with E-state index in [1.165, 1.54) is 11.1 Å². The Balaban J connectivity index is 1.96. The predicted octanol–water partition coefficient (Wildman–Crippen LogP) is 4.00. The molecule has 0 saturated heterocycles. The Morgan fingerprint density at radius 2 is 2.03 bits per heavy atom. The van der Waals surface area contributed by atoms with Crippen molar-refractivity contribution in [2.75, 3.05) is 11.9 Å². The molecule has 1 aliphatic heterocycles. The second kappa shape index (κ2) is 7.54. The number of hydrogen-bond acceptors (Lipinski definition) is 7. The molecule has 156 valence electrons. The number of pyridine rings is 1. The number of fused-ring (bicyclic) bond motifs is 5. The molecule has 3 aromatic rings. The van der Waals surface area contributed by atoms with Crippen molar-refractivity contribution in [3.8, 4) is 0 Å². The monoisotopic (exact) mass is 398 g/mol. The van der Waals surface area contributed by atoms with E-state index in [-0.39, 0.29) is 18.2 Å². The van der Waals surface area contributed by atoms with E-state index in [2.05, 4.69) is 43.0 Å². The SMILES string of the molecule is CC[C@@H](CO)Nc1ncnc2c1oc1nc(CC(C)C)c3c(c12)CC(C)(C)OC3. The third-order valence-electron chi connectivity index (χ3n) is 5.57. The van der Waals surface area contributed by atoms with Gasteiger partial charge in [-0.2, -0.15) is 0 Å². The van der Waals surface area contributed by atoms with Gasteiger partial charge in [-0.1, -0.05) is 20.8 Å². The maximum absolute atomic E-state index is 9.57. The summed E-state index contributed by atoms with van der Waals surface area (Å²) in [6.45, 7) is 11.2. The summed E-state index contributed by atoms with van der Waals surface area (Å²) in [7, 11) is 0. The van der Waals surface area contributed by atoms with Gasteiger partial charge in [0.15, 0.2) is 11.4 Å². The fourth-order valence-electron chi connectivity index (χ4n) is 4.00. The number of aliphatic hydroxyl groups excluding tert-OH is 1. The summed E-state index contributed by atoms with van der Waals surface area (Å²) in [4.78, 5) is 13.8. The topological polar surface area (TPSA) is 93.3 Å². The molecule has 0 fully saturated rings. The summed E-state index contributed by atoms with van der Waals surface area (Å²) in [6.07, 6.45) is 3.98. The van der Waals surface area contributed by atoms with Crippen LogP contribution in [-0.2, 0) is 24.2 Å². The van der Waals surface area contributed by atoms with Crippen molar-refractivity contribution in [2.45, 2.75) is 72.1 Å². The van der Waals surface area contributed by atoms with Crippen LogP contribution in [-0.4, -0.2) is 38.3 Å². The van der Waals surface area contributed by atoms with Gasteiger partial charge in [-0.05, 0) is 38.2 Å². The largest absolute Gasteiger partial charge is 0.432 e. The first-order valence-electron chi connectivity index (χ1n) is 10.4. The van der Waals surface area contributed by atoms with Gasteiger partial charge in [-0.3, -0.25) is 0 Å². The Labute approximate surface area is 170 Å². The van der Waals surface area contributed by atoms with Gasteiger partial charge in [0.25, 0.3) is 0 Å². The smallest absolute Gasteiger partial charge is 0.229 e. The standard InChI is InChI=1S/C22H30N4O3/c1-6-13(9-27)25-20-19-18(23-11-24-20)17-14-8-22(4,5)28-10-15(14)16(7-12(2)3)26-21(17)29-19/h11-13,27H,6-10H2,1-5H3,(H,23,24,25)/t13-/m0/s1. The molecule has 0 unspecified atom stereocenters. The lowest BCUT2D eigenvalue weighted by Gasteiger charge is -2.33. The first-order valence-corrected chi connectivity index (χ1v) is 10.4. The molecule has 0 spiro atoms. The number of nitrogens with one attached hydrogen (secondary N) is 1. The van der Waals surface area contributed by atoms with Crippen molar-refractivity contribution in [3.05, 3.63) is 23.1 Å². The predicted molar refractivity (Wildman–Crippen MR) is 113 cm³/mol. The molecule has 7 heteroatoms. The number of anilines is 1. The van der Waals surface area contributed by atoms with Crippen LogP contribution in [0.3, 0.4) is 0 Å². The zero-order chi connectivity index (χ0) is 20.8. The van der Waals surface area contributed by atoms with Crippen molar-refractivity contribution >= 4 is 28.0 Å². The van der Waals surface area contributed by atoms with Crippen LogP contribution >= 0.6 is 0 Å². The molecule has 0 amide bonds. The molecule has 1 aliphatic rings. The van der Waals surface area contributed by atoms with Gasteiger partial charge >= 0.3 is 0 Å². The number of ether oxygens (including phenoxy) is 1. The Kier molecular flexibility index (Phi) is 5.21. The first-order chi connectivity index (χ1) is 13.8. The Morgan fingerprint density at radius 1 is 1.24 bits per heavy atom.